The first-order valence-corrected chi connectivity index (χ1v) is 20.3. The number of allylic oxidation sites excluding steroid dienone is 2. The number of ether oxygens (including phenoxy) is 4. The van der Waals surface area contributed by atoms with Crippen LogP contribution in [0.2, 0.25) is 0 Å². The van der Waals surface area contributed by atoms with Crippen LogP contribution in [0.25, 0.3) is 0 Å². The third-order valence-corrected chi connectivity index (χ3v) is 17.1. The lowest BCUT2D eigenvalue weighted by atomic mass is 9.33. The Morgan fingerprint density at radius 2 is 1.56 bits per heavy atom. The molecule has 54 heavy (non-hydrogen) atoms. The summed E-state index contributed by atoms with van der Waals surface area (Å²) in [6.07, 6.45) is -1.40. The molecule has 0 amide bonds. The van der Waals surface area contributed by atoms with Crippen molar-refractivity contribution in [2.75, 3.05) is 26.4 Å². The molecule has 13 heteroatoms. The van der Waals surface area contributed by atoms with Crippen molar-refractivity contribution in [1.82, 2.24) is 0 Å². The van der Waals surface area contributed by atoms with Gasteiger partial charge in [0.15, 0.2) is 12.4 Å². The standard InChI is InChI=1S/C41H66O13/c1-35(2)13-15-40(34(49)54-32-30(29(47)28(46)24(18-42)52-32)53-33-31(48)41(50,20-44)21-51-33)16-14-38(5)22(23(40)17-35)7-8-26-36(3)11-10-27(45)37(4,19-43)25(36)9-12-39(26,38)6/h7,23-33,42-48,50H,8-21H2,1-6H3/t23-,24+,25+,26+,27-,28+,29-,30+,31-,32-,33-,36-,37-,38+,39+,40-,41+/m0/s1. The number of hydrogen-bond acceptors (Lipinski definition) is 13. The Kier molecular flexibility index (Phi) is 10.4. The van der Waals surface area contributed by atoms with Gasteiger partial charge < -0.3 is 59.8 Å². The van der Waals surface area contributed by atoms with Crippen molar-refractivity contribution in [2.45, 2.75) is 161 Å². The third kappa shape index (κ3) is 5.76. The number of aliphatic hydroxyl groups excluding tert-OH is 7. The molecule has 0 bridgehead atoms. The molecule has 8 N–H and O–H groups in total. The zero-order chi connectivity index (χ0) is 39.4. The zero-order valence-electron chi connectivity index (χ0n) is 32.9. The van der Waals surface area contributed by atoms with E-state index >= 15 is 0 Å². The highest BCUT2D eigenvalue weighted by Crippen LogP contribution is 2.76. The molecule has 7 rings (SSSR count). The molecule has 2 aliphatic heterocycles. The maximum atomic E-state index is 14.9. The van der Waals surface area contributed by atoms with Gasteiger partial charge in [-0.2, -0.15) is 0 Å². The number of carbonyl (C=O) groups is 1. The van der Waals surface area contributed by atoms with E-state index in [-0.39, 0.29) is 40.1 Å². The highest BCUT2D eigenvalue weighted by atomic mass is 16.8. The highest BCUT2D eigenvalue weighted by Gasteiger charge is 2.70. The first-order valence-electron chi connectivity index (χ1n) is 20.3. The summed E-state index contributed by atoms with van der Waals surface area (Å²) >= 11 is 0. The molecule has 0 unspecified atom stereocenters. The second-order valence-corrected chi connectivity index (χ2v) is 20.2. The fourth-order valence-electron chi connectivity index (χ4n) is 13.2. The molecule has 0 aromatic carbocycles. The van der Waals surface area contributed by atoms with E-state index in [1.165, 1.54) is 5.57 Å². The monoisotopic (exact) mass is 766 g/mol. The lowest BCUT2D eigenvalue weighted by Gasteiger charge is -2.71. The topological polar surface area (TPSA) is 216 Å². The van der Waals surface area contributed by atoms with Crippen LogP contribution >= 0.6 is 0 Å². The van der Waals surface area contributed by atoms with Crippen LogP contribution in [0.3, 0.4) is 0 Å². The largest absolute Gasteiger partial charge is 0.432 e. The number of rotatable bonds is 7. The second-order valence-electron chi connectivity index (χ2n) is 20.2. The van der Waals surface area contributed by atoms with Gasteiger partial charge in [0, 0.05) is 5.41 Å². The number of fused-ring (bicyclic) bond motifs is 7. The van der Waals surface area contributed by atoms with Gasteiger partial charge in [0.05, 0.1) is 37.9 Å². The van der Waals surface area contributed by atoms with Gasteiger partial charge >= 0.3 is 5.97 Å². The van der Waals surface area contributed by atoms with E-state index in [1.807, 2.05) is 0 Å². The molecule has 4 saturated carbocycles. The quantitative estimate of drug-likeness (QED) is 0.138. The Balaban J connectivity index is 1.21. The predicted molar refractivity (Wildman–Crippen MR) is 193 cm³/mol. The second kappa shape index (κ2) is 13.7. The maximum Gasteiger partial charge on any atom is 0.315 e. The van der Waals surface area contributed by atoms with Gasteiger partial charge in [0.1, 0.15) is 30.0 Å². The van der Waals surface area contributed by atoms with Gasteiger partial charge in [0.25, 0.3) is 0 Å². The Morgan fingerprint density at radius 3 is 2.20 bits per heavy atom. The maximum absolute atomic E-state index is 14.9. The molecule has 17 atom stereocenters. The van der Waals surface area contributed by atoms with E-state index in [0.29, 0.717) is 25.2 Å². The summed E-state index contributed by atoms with van der Waals surface area (Å²) in [6.45, 7) is 11.8. The van der Waals surface area contributed by atoms with Gasteiger partial charge in [-0.05, 0) is 104 Å². The molecule has 0 radical (unpaired) electrons. The lowest BCUT2D eigenvalue weighted by molar-refractivity contribution is -0.331. The van der Waals surface area contributed by atoms with E-state index in [0.717, 1.165) is 44.9 Å². The van der Waals surface area contributed by atoms with Crippen LogP contribution in [0.4, 0.5) is 0 Å². The molecule has 308 valence electrons. The molecule has 6 fully saturated rings. The summed E-state index contributed by atoms with van der Waals surface area (Å²) in [5.74, 6) is -0.122. The molecule has 0 spiro atoms. The normalized spacial score (nSPS) is 54.0. The molecular formula is C41H66O13. The number of esters is 1. The zero-order valence-corrected chi connectivity index (χ0v) is 32.9. The molecule has 2 saturated heterocycles. The van der Waals surface area contributed by atoms with Crippen LogP contribution in [0.15, 0.2) is 11.6 Å². The van der Waals surface area contributed by atoms with Crippen molar-refractivity contribution in [3.63, 3.8) is 0 Å². The Morgan fingerprint density at radius 1 is 0.852 bits per heavy atom. The van der Waals surface area contributed by atoms with E-state index in [1.54, 1.807) is 0 Å². The minimum absolute atomic E-state index is 0.0389. The van der Waals surface area contributed by atoms with Crippen molar-refractivity contribution in [1.29, 1.82) is 0 Å². The van der Waals surface area contributed by atoms with Crippen molar-refractivity contribution >= 4 is 5.97 Å². The summed E-state index contributed by atoms with van der Waals surface area (Å²) in [6, 6.07) is 0. The van der Waals surface area contributed by atoms with E-state index in [9.17, 15) is 45.6 Å². The Bertz CT molecular complexity index is 1470. The smallest absolute Gasteiger partial charge is 0.315 e. The average molecular weight is 767 g/mol. The van der Waals surface area contributed by atoms with Crippen molar-refractivity contribution in [3.8, 4) is 0 Å². The summed E-state index contributed by atoms with van der Waals surface area (Å²) in [4.78, 5) is 14.9. The fourth-order valence-corrected chi connectivity index (χ4v) is 13.2. The summed E-state index contributed by atoms with van der Waals surface area (Å²) in [5, 5.41) is 84.7. The van der Waals surface area contributed by atoms with Crippen molar-refractivity contribution in [3.05, 3.63) is 11.6 Å². The minimum Gasteiger partial charge on any atom is -0.432 e. The van der Waals surface area contributed by atoms with Crippen LogP contribution < -0.4 is 0 Å². The van der Waals surface area contributed by atoms with Crippen LogP contribution in [0.1, 0.15) is 106 Å². The van der Waals surface area contributed by atoms with Gasteiger partial charge in [-0.15, -0.1) is 0 Å². The van der Waals surface area contributed by atoms with Crippen LogP contribution in [-0.2, 0) is 23.7 Å². The molecule has 5 aliphatic carbocycles. The fraction of sp³-hybridized carbons (Fsp3) is 0.927. The summed E-state index contributed by atoms with van der Waals surface area (Å²) in [5.41, 5.74) is -2.61. The van der Waals surface area contributed by atoms with Crippen LogP contribution in [-0.4, -0.2) is 128 Å². The lowest BCUT2D eigenvalue weighted by Crippen LogP contribution is -2.66. The third-order valence-electron chi connectivity index (χ3n) is 17.1. The van der Waals surface area contributed by atoms with Crippen LogP contribution in [0.5, 0.6) is 0 Å². The van der Waals surface area contributed by atoms with E-state index < -0.39 is 91.4 Å². The minimum atomic E-state index is -2.02. The first kappa shape index (κ1) is 40.9. The molecule has 7 aliphatic rings. The first-order chi connectivity index (χ1) is 25.2. The molecule has 0 aromatic rings. The number of hydrogen-bond donors (Lipinski definition) is 8. The van der Waals surface area contributed by atoms with Crippen molar-refractivity contribution in [2.24, 2.45) is 50.2 Å². The Labute approximate surface area is 319 Å². The van der Waals surface area contributed by atoms with Gasteiger partial charge in [-0.3, -0.25) is 4.79 Å². The van der Waals surface area contributed by atoms with Gasteiger partial charge in [0.2, 0.25) is 6.29 Å². The molecule has 0 aromatic heterocycles. The summed E-state index contributed by atoms with van der Waals surface area (Å²) < 4.78 is 23.4. The molecular weight excluding hydrogens is 700 g/mol. The van der Waals surface area contributed by atoms with E-state index in [4.69, 9.17) is 18.9 Å². The number of carbonyl (C=O) groups excluding carboxylic acids is 1. The Hall–Kier alpha value is -1.23. The summed E-state index contributed by atoms with van der Waals surface area (Å²) in [7, 11) is 0. The number of aliphatic hydroxyl groups is 8. The van der Waals surface area contributed by atoms with Crippen molar-refractivity contribution < 1.29 is 64.6 Å². The van der Waals surface area contributed by atoms with Gasteiger partial charge in [-0.1, -0.05) is 53.2 Å². The predicted octanol–water partition coefficient (Wildman–Crippen LogP) is 1.93. The van der Waals surface area contributed by atoms with Gasteiger partial charge in [-0.25, -0.2) is 0 Å². The average Bonchev–Trinajstić information content (AvgIpc) is 3.42. The SMILES string of the molecule is CC1(C)CC[C@]2(C(=O)O[C@@H]3O[C@H](CO)[C@@H](O)[C@H](O)[C@H]3O[C@@H]3OC[C@](O)(CO)[C@H]3O)CC[C@]3(C)C(=CC[C@@H]4[C@@]5(C)CC[C@H](O)[C@@](C)(CO)[C@@H]5CC[C@]43C)[C@@H]2C1. The van der Waals surface area contributed by atoms with E-state index in [2.05, 4.69) is 47.6 Å². The van der Waals surface area contributed by atoms with Crippen LogP contribution in [0, 0.1) is 50.2 Å². The molecule has 13 nitrogen and oxygen atoms in total. The highest BCUT2D eigenvalue weighted by molar-refractivity contribution is 5.79. The molecule has 2 heterocycles.